The number of hydrogen-bond donors (Lipinski definition) is 1. The third-order valence-corrected chi connectivity index (χ3v) is 8.69. The number of carbonyl (C=O) groups is 1. The molecule has 190 valence electrons. The van der Waals surface area contributed by atoms with Crippen LogP contribution in [0.4, 0.5) is 5.13 Å². The van der Waals surface area contributed by atoms with Crippen molar-refractivity contribution < 1.29 is 9.53 Å². The maximum atomic E-state index is 12.6. The van der Waals surface area contributed by atoms with Crippen molar-refractivity contribution >= 4 is 34.1 Å². The van der Waals surface area contributed by atoms with Gasteiger partial charge in [0.1, 0.15) is 10.8 Å². The monoisotopic (exact) mass is 524 g/mol. The fraction of sp³-hybridized carbons (Fsp3) is 0.500. The Balaban J connectivity index is 1.19. The summed E-state index contributed by atoms with van der Waals surface area (Å²) in [5, 5.41) is 22.4. The van der Waals surface area contributed by atoms with Gasteiger partial charge >= 0.3 is 0 Å². The number of thioether (sulfide) groups is 1. The van der Waals surface area contributed by atoms with Crippen LogP contribution in [-0.2, 0) is 11.3 Å². The lowest BCUT2D eigenvalue weighted by Gasteiger charge is -2.18. The van der Waals surface area contributed by atoms with Crippen molar-refractivity contribution in [1.29, 1.82) is 0 Å². The number of benzene rings is 1. The van der Waals surface area contributed by atoms with E-state index >= 15 is 0 Å². The first-order valence-corrected chi connectivity index (χ1v) is 14.6. The Labute approximate surface area is 220 Å². The van der Waals surface area contributed by atoms with Gasteiger partial charge in [-0.05, 0) is 62.8 Å². The summed E-state index contributed by atoms with van der Waals surface area (Å²) in [5.74, 6) is 2.19. The van der Waals surface area contributed by atoms with Crippen molar-refractivity contribution in [3.63, 3.8) is 0 Å². The van der Waals surface area contributed by atoms with E-state index in [1.54, 1.807) is 0 Å². The molecule has 2 aromatic heterocycles. The number of amides is 1. The predicted molar refractivity (Wildman–Crippen MR) is 144 cm³/mol. The lowest BCUT2D eigenvalue weighted by atomic mass is 9.90. The van der Waals surface area contributed by atoms with Gasteiger partial charge in [0.05, 0.1) is 11.9 Å². The molecule has 1 aromatic carbocycles. The molecule has 2 aliphatic rings. The molecule has 10 heteroatoms. The molecule has 0 unspecified atom stereocenters. The van der Waals surface area contributed by atoms with E-state index in [0.29, 0.717) is 28.9 Å². The quantitative estimate of drug-likeness (QED) is 0.254. The Hall–Kier alpha value is -2.72. The van der Waals surface area contributed by atoms with Gasteiger partial charge in [-0.1, -0.05) is 48.4 Å². The molecule has 1 amide bonds. The van der Waals surface area contributed by atoms with Crippen LogP contribution in [-0.4, -0.2) is 42.7 Å². The maximum Gasteiger partial charge on any atom is 0.236 e. The van der Waals surface area contributed by atoms with Crippen molar-refractivity contribution in [2.75, 3.05) is 11.1 Å². The standard InChI is InChI=1S/C26H32N6O2S2/c1-2-16-32-23(18-12-14-21(15-13-18)34-20-10-6-7-11-20)28-31-26(32)35-17-22(33)27-25-30-29-24(36-25)19-8-4-3-5-9-19/h2,12-15,19-20H,1,3-11,16-17H2,(H,27,30,33). The Morgan fingerprint density at radius 3 is 2.56 bits per heavy atom. The first kappa shape index (κ1) is 25.0. The Bertz CT molecular complexity index is 1160. The van der Waals surface area contributed by atoms with Crippen LogP contribution < -0.4 is 10.1 Å². The molecule has 36 heavy (non-hydrogen) atoms. The minimum absolute atomic E-state index is 0.130. The van der Waals surface area contributed by atoms with Gasteiger partial charge < -0.3 is 4.74 Å². The van der Waals surface area contributed by atoms with E-state index in [-0.39, 0.29) is 11.7 Å². The lowest BCUT2D eigenvalue weighted by Crippen LogP contribution is -2.14. The summed E-state index contributed by atoms with van der Waals surface area (Å²) in [5.41, 5.74) is 0.948. The van der Waals surface area contributed by atoms with Gasteiger partial charge in [0.15, 0.2) is 11.0 Å². The first-order valence-electron chi connectivity index (χ1n) is 12.8. The number of nitrogens with zero attached hydrogens (tertiary/aromatic N) is 5. The highest BCUT2D eigenvalue weighted by Gasteiger charge is 2.21. The highest BCUT2D eigenvalue weighted by molar-refractivity contribution is 7.99. The van der Waals surface area contributed by atoms with Gasteiger partial charge in [-0.25, -0.2) is 0 Å². The summed E-state index contributed by atoms with van der Waals surface area (Å²) in [4.78, 5) is 12.6. The van der Waals surface area contributed by atoms with Crippen LogP contribution in [0.3, 0.4) is 0 Å². The normalized spacial score (nSPS) is 16.8. The van der Waals surface area contributed by atoms with Gasteiger partial charge in [0.25, 0.3) is 0 Å². The molecule has 2 fully saturated rings. The summed E-state index contributed by atoms with van der Waals surface area (Å²) in [6.45, 7) is 4.43. The molecule has 0 spiro atoms. The first-order chi connectivity index (χ1) is 17.7. The summed E-state index contributed by atoms with van der Waals surface area (Å²) in [7, 11) is 0. The number of hydrogen-bond acceptors (Lipinski definition) is 8. The largest absolute Gasteiger partial charge is 0.490 e. The van der Waals surface area contributed by atoms with Crippen LogP contribution >= 0.6 is 23.1 Å². The van der Waals surface area contributed by atoms with Crippen LogP contribution in [0.25, 0.3) is 11.4 Å². The van der Waals surface area contributed by atoms with Crippen LogP contribution in [0.2, 0.25) is 0 Å². The topological polar surface area (TPSA) is 94.8 Å². The predicted octanol–water partition coefficient (Wildman–Crippen LogP) is 6.08. The maximum absolute atomic E-state index is 12.6. The molecule has 0 radical (unpaired) electrons. The molecule has 0 atom stereocenters. The average molecular weight is 525 g/mol. The van der Waals surface area contributed by atoms with E-state index in [1.807, 2.05) is 34.9 Å². The number of rotatable bonds is 10. The van der Waals surface area contributed by atoms with Crippen LogP contribution in [0, 0.1) is 0 Å². The molecule has 5 rings (SSSR count). The second kappa shape index (κ2) is 12.0. The summed E-state index contributed by atoms with van der Waals surface area (Å²) < 4.78 is 8.06. The Morgan fingerprint density at radius 1 is 1.06 bits per heavy atom. The van der Waals surface area contributed by atoms with Gasteiger partial charge in [-0.2, -0.15) is 0 Å². The highest BCUT2D eigenvalue weighted by Crippen LogP contribution is 2.35. The Kier molecular flexibility index (Phi) is 8.32. The molecule has 0 saturated heterocycles. The number of allylic oxidation sites excluding steroid dienone is 1. The van der Waals surface area contributed by atoms with Crippen molar-refractivity contribution in [3.05, 3.63) is 41.9 Å². The highest BCUT2D eigenvalue weighted by atomic mass is 32.2. The second-order valence-corrected chi connectivity index (χ2v) is 11.3. The van der Waals surface area contributed by atoms with E-state index in [1.165, 1.54) is 55.2 Å². The number of ether oxygens (including phenoxy) is 1. The molecule has 0 bridgehead atoms. The van der Waals surface area contributed by atoms with Gasteiger partial charge in [0, 0.05) is 18.0 Å². The summed E-state index contributed by atoms with van der Waals surface area (Å²) in [6.07, 6.45) is 13.0. The molecule has 3 aromatic rings. The van der Waals surface area contributed by atoms with Gasteiger partial charge in [-0.15, -0.1) is 27.0 Å². The number of nitrogens with one attached hydrogen (secondary N) is 1. The molecule has 0 aliphatic heterocycles. The van der Waals surface area contributed by atoms with E-state index in [0.717, 1.165) is 47.8 Å². The zero-order valence-electron chi connectivity index (χ0n) is 20.4. The van der Waals surface area contributed by atoms with Gasteiger partial charge in [0.2, 0.25) is 11.0 Å². The fourth-order valence-electron chi connectivity index (χ4n) is 4.87. The van der Waals surface area contributed by atoms with Crippen molar-refractivity contribution in [3.8, 4) is 17.1 Å². The van der Waals surface area contributed by atoms with Crippen molar-refractivity contribution in [2.24, 2.45) is 0 Å². The minimum atomic E-state index is -0.130. The summed E-state index contributed by atoms with van der Waals surface area (Å²) >= 11 is 2.84. The lowest BCUT2D eigenvalue weighted by molar-refractivity contribution is -0.113. The number of aromatic nitrogens is 5. The smallest absolute Gasteiger partial charge is 0.236 e. The van der Waals surface area contributed by atoms with E-state index in [2.05, 4.69) is 32.3 Å². The molecule has 2 heterocycles. The second-order valence-electron chi connectivity index (χ2n) is 9.37. The third-order valence-electron chi connectivity index (χ3n) is 6.72. The van der Waals surface area contributed by atoms with Crippen LogP contribution in [0.15, 0.2) is 42.1 Å². The average Bonchev–Trinajstić information content (AvgIpc) is 3.66. The molecule has 2 aliphatic carbocycles. The fourth-order valence-corrected chi connectivity index (χ4v) is 6.55. The van der Waals surface area contributed by atoms with E-state index in [9.17, 15) is 4.79 Å². The van der Waals surface area contributed by atoms with Crippen LogP contribution in [0.1, 0.15) is 68.7 Å². The minimum Gasteiger partial charge on any atom is -0.490 e. The molecule has 8 nitrogen and oxygen atoms in total. The van der Waals surface area contributed by atoms with Crippen molar-refractivity contribution in [2.45, 2.75) is 81.5 Å². The third kappa shape index (κ3) is 6.15. The van der Waals surface area contributed by atoms with E-state index < -0.39 is 0 Å². The summed E-state index contributed by atoms with van der Waals surface area (Å²) in [6, 6.07) is 8.00. The number of carbonyl (C=O) groups excluding carboxylic acids is 1. The molecule has 1 N–H and O–H groups in total. The number of anilines is 1. The SMILES string of the molecule is C=CCn1c(SCC(=O)Nc2nnc(C3CCCCC3)s2)nnc1-c1ccc(OC2CCCC2)cc1. The zero-order chi connectivity index (χ0) is 24.7. The zero-order valence-corrected chi connectivity index (χ0v) is 22.0. The van der Waals surface area contributed by atoms with Crippen LogP contribution in [0.5, 0.6) is 5.75 Å². The van der Waals surface area contributed by atoms with Crippen molar-refractivity contribution in [1.82, 2.24) is 25.0 Å². The Morgan fingerprint density at radius 2 is 1.81 bits per heavy atom. The molecule has 2 saturated carbocycles. The molecular weight excluding hydrogens is 492 g/mol. The van der Waals surface area contributed by atoms with Gasteiger partial charge in [-0.3, -0.25) is 14.7 Å². The van der Waals surface area contributed by atoms with E-state index in [4.69, 9.17) is 4.74 Å². The molecular formula is C26H32N6O2S2.